The fraction of sp³-hybridized carbons (Fsp3) is 0.516. The topological polar surface area (TPSA) is 21.6 Å². The van der Waals surface area contributed by atoms with Crippen LogP contribution in [-0.4, -0.2) is 12.3 Å². The van der Waals surface area contributed by atoms with E-state index in [1.807, 2.05) is 36.5 Å². The maximum atomic E-state index is 6.31. The number of hydrogen-bond acceptors (Lipinski definition) is 2. The van der Waals surface area contributed by atoms with Crippen LogP contribution in [-0.2, 0) is 0 Å². The Morgan fingerprint density at radius 1 is 0.697 bits per heavy atom. The molecule has 0 heterocycles. The molecule has 1 unspecified atom stereocenters. The van der Waals surface area contributed by atoms with Crippen LogP contribution < -0.4 is 4.74 Å². The third-order valence-corrected chi connectivity index (χ3v) is 5.95. The summed E-state index contributed by atoms with van der Waals surface area (Å²) in [5, 5.41) is 0. The van der Waals surface area contributed by atoms with E-state index >= 15 is 0 Å². The van der Waals surface area contributed by atoms with Crippen LogP contribution in [0, 0.1) is 0 Å². The third kappa shape index (κ3) is 13.1. The van der Waals surface area contributed by atoms with Gasteiger partial charge in [-0.1, -0.05) is 82.7 Å². The number of unbranched alkanes of at least 4 members (excludes halogenated alkanes) is 8. The van der Waals surface area contributed by atoms with Gasteiger partial charge in [0.05, 0.1) is 11.8 Å². The lowest BCUT2D eigenvalue weighted by Gasteiger charge is -2.18. The zero-order valence-corrected chi connectivity index (χ0v) is 21.1. The van der Waals surface area contributed by atoms with Crippen molar-refractivity contribution in [2.45, 2.75) is 103 Å². The Labute approximate surface area is 203 Å². The fourth-order valence-electron chi connectivity index (χ4n) is 3.98. The minimum atomic E-state index is 0.311. The molecule has 180 valence electrons. The summed E-state index contributed by atoms with van der Waals surface area (Å²) >= 11 is 0. The molecule has 0 fully saturated rings. The Hall–Kier alpha value is -2.35. The monoisotopic (exact) mass is 447 g/mol. The van der Waals surface area contributed by atoms with Crippen LogP contribution in [0.25, 0.3) is 0 Å². The molecule has 2 aromatic rings. The van der Waals surface area contributed by atoms with Crippen molar-refractivity contribution < 1.29 is 4.74 Å². The van der Waals surface area contributed by atoms with Crippen molar-refractivity contribution in [3.05, 3.63) is 72.3 Å². The van der Waals surface area contributed by atoms with Gasteiger partial charge in [-0.25, -0.2) is 0 Å². The van der Waals surface area contributed by atoms with Crippen LogP contribution in [0.3, 0.4) is 0 Å². The van der Waals surface area contributed by atoms with Crippen LogP contribution in [0.4, 0.5) is 5.69 Å². The Bertz CT molecular complexity index is 763. The summed E-state index contributed by atoms with van der Waals surface area (Å²) in [4.78, 5) is 4.52. The summed E-state index contributed by atoms with van der Waals surface area (Å²) in [6, 6.07) is 18.3. The minimum absolute atomic E-state index is 0.311. The zero-order chi connectivity index (χ0) is 23.4. The summed E-state index contributed by atoms with van der Waals surface area (Å²) < 4.78 is 6.31. The molecule has 0 aliphatic carbocycles. The first-order valence-corrected chi connectivity index (χ1v) is 13.3. The van der Waals surface area contributed by atoms with Crippen molar-refractivity contribution >= 4 is 11.9 Å². The van der Waals surface area contributed by atoms with E-state index in [1.54, 1.807) is 0 Å². The van der Waals surface area contributed by atoms with Gasteiger partial charge in [0.15, 0.2) is 0 Å². The molecule has 2 rings (SSSR count). The van der Waals surface area contributed by atoms with E-state index in [4.69, 9.17) is 4.74 Å². The second-order valence-corrected chi connectivity index (χ2v) is 9.00. The smallest absolute Gasteiger partial charge is 0.119 e. The summed E-state index contributed by atoms with van der Waals surface area (Å²) in [7, 11) is 0. The maximum Gasteiger partial charge on any atom is 0.119 e. The summed E-state index contributed by atoms with van der Waals surface area (Å²) in [6.07, 6.45) is 23.6. The second kappa shape index (κ2) is 18.1. The van der Waals surface area contributed by atoms with Crippen molar-refractivity contribution in [2.75, 3.05) is 0 Å². The number of allylic oxidation sites excluding steroid dienone is 2. The average Bonchev–Trinajstić information content (AvgIpc) is 2.85. The Morgan fingerprint density at radius 2 is 1.36 bits per heavy atom. The largest absolute Gasteiger partial charge is 0.490 e. The second-order valence-electron chi connectivity index (χ2n) is 9.00. The van der Waals surface area contributed by atoms with E-state index in [1.165, 1.54) is 64.2 Å². The van der Waals surface area contributed by atoms with Gasteiger partial charge in [0.25, 0.3) is 0 Å². The average molecular weight is 448 g/mol. The van der Waals surface area contributed by atoms with Crippen molar-refractivity contribution in [1.82, 2.24) is 0 Å². The molecule has 0 spiro atoms. The van der Waals surface area contributed by atoms with Gasteiger partial charge in [-0.3, -0.25) is 4.99 Å². The van der Waals surface area contributed by atoms with Gasteiger partial charge >= 0.3 is 0 Å². The van der Waals surface area contributed by atoms with Crippen LogP contribution in [0.1, 0.15) is 103 Å². The number of aliphatic imine (C=N–C) groups is 1. The molecule has 2 aromatic carbocycles. The van der Waals surface area contributed by atoms with Gasteiger partial charge in [0, 0.05) is 6.21 Å². The van der Waals surface area contributed by atoms with Crippen molar-refractivity contribution in [2.24, 2.45) is 4.99 Å². The van der Waals surface area contributed by atoms with Crippen molar-refractivity contribution in [1.29, 1.82) is 0 Å². The van der Waals surface area contributed by atoms with E-state index in [9.17, 15) is 0 Å². The Kier molecular flexibility index (Phi) is 14.8. The Balaban J connectivity index is 1.63. The molecule has 0 amide bonds. The molecular formula is C31H45NO. The van der Waals surface area contributed by atoms with Crippen LogP contribution in [0.2, 0.25) is 0 Å². The number of ether oxygens (including phenoxy) is 1. The molecule has 33 heavy (non-hydrogen) atoms. The molecule has 0 aromatic heterocycles. The van der Waals surface area contributed by atoms with Crippen LogP contribution >= 0.6 is 0 Å². The summed E-state index contributed by atoms with van der Waals surface area (Å²) in [5.41, 5.74) is 2.06. The molecule has 0 saturated carbocycles. The van der Waals surface area contributed by atoms with Crippen LogP contribution in [0.5, 0.6) is 5.75 Å². The van der Waals surface area contributed by atoms with Gasteiger partial charge < -0.3 is 4.74 Å². The molecular weight excluding hydrogens is 402 g/mol. The molecule has 2 nitrogen and oxygen atoms in total. The predicted octanol–water partition coefficient (Wildman–Crippen LogP) is 9.85. The van der Waals surface area contributed by atoms with Crippen molar-refractivity contribution in [3.63, 3.8) is 0 Å². The first-order valence-electron chi connectivity index (χ1n) is 13.3. The fourth-order valence-corrected chi connectivity index (χ4v) is 3.98. The minimum Gasteiger partial charge on any atom is -0.490 e. The SMILES string of the molecule is CCCCCCCCC=CCCCCC(CCC)Oc1ccc(C=Nc2ccccc2)cc1. The summed E-state index contributed by atoms with van der Waals surface area (Å²) in [5.74, 6) is 0.962. The molecule has 0 N–H and O–H groups in total. The molecule has 2 heteroatoms. The van der Waals surface area contributed by atoms with Gasteiger partial charge in [-0.2, -0.15) is 0 Å². The number of nitrogens with zero attached hydrogens (tertiary/aromatic N) is 1. The van der Waals surface area contributed by atoms with E-state index in [2.05, 4.69) is 55.3 Å². The third-order valence-electron chi connectivity index (χ3n) is 5.95. The van der Waals surface area contributed by atoms with E-state index < -0.39 is 0 Å². The number of rotatable bonds is 18. The first kappa shape index (κ1) is 26.9. The lowest BCUT2D eigenvalue weighted by atomic mass is 10.1. The highest BCUT2D eigenvalue weighted by molar-refractivity contribution is 5.82. The quantitative estimate of drug-likeness (QED) is 0.126. The summed E-state index contributed by atoms with van der Waals surface area (Å²) in [6.45, 7) is 4.52. The number of benzene rings is 2. The number of hydrogen-bond donors (Lipinski definition) is 0. The lowest BCUT2D eigenvalue weighted by molar-refractivity contribution is 0.176. The lowest BCUT2D eigenvalue weighted by Crippen LogP contribution is -2.16. The highest BCUT2D eigenvalue weighted by atomic mass is 16.5. The molecule has 0 aliphatic rings. The molecule has 0 aliphatic heterocycles. The standard InChI is InChI=1S/C31H45NO/c1-3-5-6-7-8-9-10-11-12-13-14-18-22-30(19-4-2)33-31-25-23-28(24-26-31)27-32-29-20-16-15-17-21-29/h11-12,15-17,20-21,23-27,30H,3-10,13-14,18-19,22H2,1-2H3. The highest BCUT2D eigenvalue weighted by Crippen LogP contribution is 2.19. The molecule has 0 saturated heterocycles. The van der Waals surface area contributed by atoms with E-state index in [0.29, 0.717) is 6.10 Å². The first-order chi connectivity index (χ1) is 16.3. The van der Waals surface area contributed by atoms with Gasteiger partial charge in [0.2, 0.25) is 0 Å². The number of para-hydroxylation sites is 1. The maximum absolute atomic E-state index is 6.31. The molecule has 0 radical (unpaired) electrons. The van der Waals surface area contributed by atoms with Gasteiger partial charge in [-0.15, -0.1) is 0 Å². The van der Waals surface area contributed by atoms with E-state index in [0.717, 1.165) is 36.3 Å². The normalized spacial score (nSPS) is 12.5. The Morgan fingerprint density at radius 3 is 2.06 bits per heavy atom. The highest BCUT2D eigenvalue weighted by Gasteiger charge is 2.09. The molecule has 0 bridgehead atoms. The predicted molar refractivity (Wildman–Crippen MR) is 145 cm³/mol. The molecule has 1 atom stereocenters. The van der Waals surface area contributed by atoms with Crippen LogP contribution in [0.15, 0.2) is 71.7 Å². The van der Waals surface area contributed by atoms with Gasteiger partial charge in [0.1, 0.15) is 5.75 Å². The van der Waals surface area contributed by atoms with Gasteiger partial charge in [-0.05, 0) is 86.9 Å². The van der Waals surface area contributed by atoms with Crippen molar-refractivity contribution in [3.8, 4) is 5.75 Å². The zero-order valence-electron chi connectivity index (χ0n) is 21.1. The van der Waals surface area contributed by atoms with E-state index in [-0.39, 0.29) is 0 Å².